The number of carbonyl (C=O) groups excluding carboxylic acids is 2. The van der Waals surface area contributed by atoms with Crippen LogP contribution in [0, 0.1) is 0 Å². The molecule has 0 spiro atoms. The molecular weight excluding hydrogens is 618 g/mol. The van der Waals surface area contributed by atoms with Crippen LogP contribution in [0.2, 0.25) is 0 Å². The van der Waals surface area contributed by atoms with E-state index in [1.165, 1.54) is 65.0 Å². The first-order valence-electron chi connectivity index (χ1n) is 13.8. The molecule has 0 aliphatic carbocycles. The first kappa shape index (κ1) is 33.4. The van der Waals surface area contributed by atoms with Crippen molar-refractivity contribution >= 4 is 33.8 Å². The molecule has 0 atom stereocenters. The number of nitrogens with zero attached hydrogens (tertiary/aromatic N) is 2. The number of hydrogen-bond acceptors (Lipinski definition) is 11. The smallest absolute Gasteiger partial charge is 0.338 e. The van der Waals surface area contributed by atoms with Crippen molar-refractivity contribution in [2.75, 3.05) is 45.9 Å². The number of nitrogens with one attached hydrogen (secondary N) is 1. The molecule has 1 aromatic heterocycles. The van der Waals surface area contributed by atoms with Gasteiger partial charge in [-0.05, 0) is 55.5 Å². The second kappa shape index (κ2) is 15.0. The van der Waals surface area contributed by atoms with Gasteiger partial charge in [0.1, 0.15) is 29.6 Å². The number of hydrogen-bond donors (Lipinski definition) is 1. The third-order valence-electron chi connectivity index (χ3n) is 6.57. The van der Waals surface area contributed by atoms with Crippen LogP contribution < -0.4 is 28.7 Å². The second-order valence-corrected chi connectivity index (χ2v) is 11.2. The van der Waals surface area contributed by atoms with E-state index in [4.69, 9.17) is 28.1 Å². The molecule has 1 heterocycles. The van der Waals surface area contributed by atoms with Crippen molar-refractivity contribution in [3.05, 3.63) is 84.1 Å². The summed E-state index contributed by atoms with van der Waals surface area (Å²) >= 11 is 0. The van der Waals surface area contributed by atoms with Crippen molar-refractivity contribution in [2.45, 2.75) is 11.8 Å². The van der Waals surface area contributed by atoms with Gasteiger partial charge in [-0.3, -0.25) is 9.10 Å². The lowest BCUT2D eigenvalue weighted by Gasteiger charge is -2.26. The Hall–Kier alpha value is -5.50. The molecule has 3 aromatic carbocycles. The molecule has 242 valence electrons. The summed E-state index contributed by atoms with van der Waals surface area (Å²) in [5.41, 5.74) is 3.52. The van der Waals surface area contributed by atoms with E-state index in [9.17, 15) is 18.0 Å². The van der Waals surface area contributed by atoms with E-state index in [-0.39, 0.29) is 28.7 Å². The van der Waals surface area contributed by atoms with Crippen molar-refractivity contribution in [3.63, 3.8) is 0 Å². The van der Waals surface area contributed by atoms with E-state index in [2.05, 4.69) is 10.5 Å². The van der Waals surface area contributed by atoms with Crippen LogP contribution in [0.4, 0.5) is 5.69 Å². The highest BCUT2D eigenvalue weighted by atomic mass is 32.2. The van der Waals surface area contributed by atoms with Gasteiger partial charge in [-0.15, -0.1) is 0 Å². The Kier molecular flexibility index (Phi) is 10.9. The fraction of sp³-hybridized carbons (Fsp3) is 0.219. The number of ether oxygens (including phenoxy) is 5. The van der Waals surface area contributed by atoms with Crippen LogP contribution in [0.5, 0.6) is 23.0 Å². The normalized spacial score (nSPS) is 11.2. The lowest BCUT2D eigenvalue weighted by Crippen LogP contribution is -2.39. The molecule has 0 saturated carbocycles. The Bertz CT molecular complexity index is 1820. The number of sulfonamides is 1. The van der Waals surface area contributed by atoms with Crippen LogP contribution in [-0.4, -0.2) is 68.1 Å². The average molecular weight is 652 g/mol. The van der Waals surface area contributed by atoms with Crippen LogP contribution in [0.15, 0.2) is 87.2 Å². The van der Waals surface area contributed by atoms with Gasteiger partial charge in [0.25, 0.3) is 15.9 Å². The van der Waals surface area contributed by atoms with Gasteiger partial charge in [0.2, 0.25) is 0 Å². The van der Waals surface area contributed by atoms with E-state index in [1.807, 2.05) is 0 Å². The van der Waals surface area contributed by atoms with E-state index < -0.39 is 28.4 Å². The van der Waals surface area contributed by atoms with E-state index in [0.717, 1.165) is 4.31 Å². The van der Waals surface area contributed by atoms with E-state index >= 15 is 0 Å². The number of methoxy groups -OCH3 is 4. The fourth-order valence-corrected chi connectivity index (χ4v) is 5.73. The number of hydrazone groups is 1. The lowest BCUT2D eigenvalue weighted by molar-refractivity contribution is -0.119. The summed E-state index contributed by atoms with van der Waals surface area (Å²) in [6.07, 6.45) is 1.27. The predicted octanol–water partition coefficient (Wildman–Crippen LogP) is 4.50. The van der Waals surface area contributed by atoms with Crippen LogP contribution >= 0.6 is 0 Å². The molecule has 0 bridgehead atoms. The molecule has 14 heteroatoms. The van der Waals surface area contributed by atoms with Crippen LogP contribution in [-0.2, 0) is 19.6 Å². The molecule has 0 fully saturated rings. The number of esters is 1. The first-order valence-corrected chi connectivity index (χ1v) is 15.2. The van der Waals surface area contributed by atoms with Gasteiger partial charge in [-0.2, -0.15) is 5.10 Å². The SMILES string of the molecule is CCOC(=O)c1ccc(-c2ccc(/C=N\NC(=O)CN(c3cc(OC)ccc3OC)S(=O)(=O)c3ccc(OC)c(OC)c3)o2)cc1. The van der Waals surface area contributed by atoms with Gasteiger partial charge in [-0.25, -0.2) is 18.6 Å². The highest BCUT2D eigenvalue weighted by Crippen LogP contribution is 2.37. The van der Waals surface area contributed by atoms with Crippen molar-refractivity contribution < 1.29 is 46.1 Å². The number of furan rings is 1. The summed E-state index contributed by atoms with van der Waals surface area (Å²) in [6.45, 7) is 1.34. The minimum atomic E-state index is -4.38. The lowest BCUT2D eigenvalue weighted by atomic mass is 10.1. The number of amides is 1. The highest BCUT2D eigenvalue weighted by Gasteiger charge is 2.31. The Morgan fingerprint density at radius 3 is 2.20 bits per heavy atom. The molecule has 4 aromatic rings. The zero-order valence-electron chi connectivity index (χ0n) is 25.8. The molecule has 4 rings (SSSR count). The molecule has 0 aliphatic rings. The molecular formula is C32H33N3O10S. The average Bonchev–Trinajstić information content (AvgIpc) is 3.55. The van der Waals surface area contributed by atoms with Crippen molar-refractivity contribution in [1.82, 2.24) is 5.43 Å². The quantitative estimate of drug-likeness (QED) is 0.117. The molecule has 0 saturated heterocycles. The van der Waals surface area contributed by atoms with Gasteiger partial charge >= 0.3 is 5.97 Å². The minimum absolute atomic E-state index is 0.0559. The van der Waals surface area contributed by atoms with E-state index in [0.29, 0.717) is 34.1 Å². The third kappa shape index (κ3) is 7.58. The predicted molar refractivity (Wildman–Crippen MR) is 169 cm³/mol. The molecule has 0 unspecified atom stereocenters. The third-order valence-corrected chi connectivity index (χ3v) is 8.33. The maximum atomic E-state index is 14.0. The number of benzene rings is 3. The Balaban J connectivity index is 1.56. The molecule has 0 radical (unpaired) electrons. The number of carbonyl (C=O) groups is 2. The maximum Gasteiger partial charge on any atom is 0.338 e. The van der Waals surface area contributed by atoms with Gasteiger partial charge in [-0.1, -0.05) is 12.1 Å². The van der Waals surface area contributed by atoms with Crippen LogP contribution in [0.3, 0.4) is 0 Å². The van der Waals surface area contributed by atoms with E-state index in [1.54, 1.807) is 49.4 Å². The monoisotopic (exact) mass is 651 g/mol. The summed E-state index contributed by atoms with van der Waals surface area (Å²) in [7, 11) is 1.24. The molecule has 1 N–H and O–H groups in total. The summed E-state index contributed by atoms with van der Waals surface area (Å²) in [4.78, 5) is 24.9. The molecule has 46 heavy (non-hydrogen) atoms. The summed E-state index contributed by atoms with van der Waals surface area (Å²) < 4.78 is 60.9. The maximum absolute atomic E-state index is 14.0. The summed E-state index contributed by atoms with van der Waals surface area (Å²) in [5, 5.41) is 3.94. The number of rotatable bonds is 14. The fourth-order valence-electron chi connectivity index (χ4n) is 4.29. The van der Waals surface area contributed by atoms with Crippen LogP contribution in [0.25, 0.3) is 11.3 Å². The van der Waals surface area contributed by atoms with Gasteiger partial charge < -0.3 is 28.1 Å². The first-order chi connectivity index (χ1) is 22.1. The summed E-state index contributed by atoms with van der Waals surface area (Å²) in [5.74, 6) is 0.667. The van der Waals surface area contributed by atoms with Gasteiger partial charge in [0.15, 0.2) is 11.5 Å². The Morgan fingerprint density at radius 1 is 0.848 bits per heavy atom. The van der Waals surface area contributed by atoms with Gasteiger partial charge in [0.05, 0.1) is 57.4 Å². The van der Waals surface area contributed by atoms with Crippen molar-refractivity contribution in [1.29, 1.82) is 0 Å². The zero-order valence-corrected chi connectivity index (χ0v) is 26.6. The molecule has 0 aliphatic heterocycles. The number of anilines is 1. The Labute approximate surface area is 266 Å². The second-order valence-electron chi connectivity index (χ2n) is 9.36. The molecule has 1 amide bonds. The topological polar surface area (TPSA) is 155 Å². The van der Waals surface area contributed by atoms with Crippen LogP contribution in [0.1, 0.15) is 23.0 Å². The summed E-state index contributed by atoms with van der Waals surface area (Å²) in [6, 6.07) is 18.7. The molecule has 13 nitrogen and oxygen atoms in total. The zero-order chi connectivity index (χ0) is 33.3. The highest BCUT2D eigenvalue weighted by molar-refractivity contribution is 7.92. The minimum Gasteiger partial charge on any atom is -0.497 e. The largest absolute Gasteiger partial charge is 0.497 e. The Morgan fingerprint density at radius 2 is 1.54 bits per heavy atom. The van der Waals surface area contributed by atoms with Gasteiger partial charge in [0, 0.05) is 17.7 Å². The standard InChI is InChI=1S/C32H33N3O10S/c1-6-44-32(37)22-9-7-21(8-10-22)27-14-12-24(45-27)19-33-34-31(36)20-35(26-17-23(40-2)11-15-28(26)41-3)46(38,39)25-13-16-29(42-4)30(18-25)43-5/h7-19H,6,20H2,1-5H3,(H,34,36)/b33-19-. The van der Waals surface area contributed by atoms with Crippen molar-refractivity contribution in [3.8, 4) is 34.3 Å². The van der Waals surface area contributed by atoms with Crippen molar-refractivity contribution in [2.24, 2.45) is 5.10 Å².